The Labute approximate surface area is 149 Å². The second-order valence-corrected chi connectivity index (χ2v) is 5.82. The van der Waals surface area contributed by atoms with Crippen LogP contribution in [0.15, 0.2) is 36.5 Å². The van der Waals surface area contributed by atoms with Gasteiger partial charge in [-0.3, -0.25) is 4.79 Å². The number of carbonyl (C=O) groups excluding carboxylic acids is 1. The molecule has 0 aliphatic rings. The van der Waals surface area contributed by atoms with E-state index in [1.807, 2.05) is 0 Å². The average molecular weight is 341 g/mol. The van der Waals surface area contributed by atoms with Crippen molar-refractivity contribution in [2.45, 2.75) is 33.1 Å². The molecule has 1 aromatic carbocycles. The first-order chi connectivity index (χ1) is 12.2. The number of hydrogen-bond donors (Lipinski definition) is 2. The number of amides is 1. The number of aryl methyl sites for hydroxylation is 2. The molecule has 0 aliphatic carbocycles. The minimum absolute atomic E-state index is 0.0963. The molecule has 5 heteroatoms. The van der Waals surface area contributed by atoms with Crippen LogP contribution in [0.4, 0.5) is 11.5 Å². The van der Waals surface area contributed by atoms with Gasteiger partial charge in [-0.05, 0) is 42.5 Å². The third-order valence-electron chi connectivity index (χ3n) is 4.08. The maximum absolute atomic E-state index is 12.3. The third kappa shape index (κ3) is 5.29. The Morgan fingerprint density at radius 2 is 1.88 bits per heavy atom. The molecule has 134 valence electrons. The standard InChI is InChI=1S/C20H27N3O2/c1-4-15-8-6-9-16(5-2)19(15)23-18-14-17(10-12-21-18)20(24)22-11-7-13-25-3/h6,8-10,12,14H,4-5,7,11,13H2,1-3H3,(H,21,23)(H,22,24). The van der Waals surface area contributed by atoms with Gasteiger partial charge in [-0.25, -0.2) is 4.98 Å². The van der Waals surface area contributed by atoms with Crippen molar-refractivity contribution in [2.24, 2.45) is 0 Å². The van der Waals surface area contributed by atoms with Crippen molar-refractivity contribution < 1.29 is 9.53 Å². The molecule has 2 N–H and O–H groups in total. The second kappa shape index (κ2) is 9.79. The Bertz CT molecular complexity index is 679. The van der Waals surface area contributed by atoms with Crippen molar-refractivity contribution in [3.05, 3.63) is 53.2 Å². The highest BCUT2D eigenvalue weighted by atomic mass is 16.5. The number of anilines is 2. The van der Waals surface area contributed by atoms with Crippen LogP contribution in [0.3, 0.4) is 0 Å². The van der Waals surface area contributed by atoms with Gasteiger partial charge in [-0.1, -0.05) is 32.0 Å². The van der Waals surface area contributed by atoms with Gasteiger partial charge in [-0.2, -0.15) is 0 Å². The summed E-state index contributed by atoms with van der Waals surface area (Å²) in [7, 11) is 1.65. The lowest BCUT2D eigenvalue weighted by atomic mass is 10.0. The minimum atomic E-state index is -0.0963. The molecular formula is C20H27N3O2. The van der Waals surface area contributed by atoms with Crippen LogP contribution >= 0.6 is 0 Å². The summed E-state index contributed by atoms with van der Waals surface area (Å²) in [6.07, 6.45) is 4.33. The SMILES string of the molecule is CCc1cccc(CC)c1Nc1cc(C(=O)NCCCOC)ccn1. The van der Waals surface area contributed by atoms with E-state index in [0.29, 0.717) is 24.5 Å². The number of carbonyl (C=O) groups is 1. The first kappa shape index (κ1) is 18.9. The fraction of sp³-hybridized carbons (Fsp3) is 0.400. The Kier molecular flexibility index (Phi) is 7.41. The van der Waals surface area contributed by atoms with Gasteiger partial charge >= 0.3 is 0 Å². The lowest BCUT2D eigenvalue weighted by molar-refractivity contribution is 0.0948. The third-order valence-corrected chi connectivity index (χ3v) is 4.08. The van der Waals surface area contributed by atoms with Crippen LogP contribution in [0.1, 0.15) is 41.8 Å². The number of hydrogen-bond acceptors (Lipinski definition) is 4. The quantitative estimate of drug-likeness (QED) is 0.683. The molecule has 0 fully saturated rings. The molecule has 0 bridgehead atoms. The normalized spacial score (nSPS) is 10.5. The molecule has 1 amide bonds. The van der Waals surface area contributed by atoms with E-state index >= 15 is 0 Å². The van der Waals surface area contributed by atoms with Crippen molar-refractivity contribution in [3.8, 4) is 0 Å². The van der Waals surface area contributed by atoms with E-state index in [1.165, 1.54) is 11.1 Å². The van der Waals surface area contributed by atoms with Crippen molar-refractivity contribution in [2.75, 3.05) is 25.6 Å². The predicted octanol–water partition coefficient (Wildman–Crippen LogP) is 3.72. The van der Waals surface area contributed by atoms with E-state index in [1.54, 1.807) is 25.4 Å². The minimum Gasteiger partial charge on any atom is -0.385 e. The van der Waals surface area contributed by atoms with E-state index in [-0.39, 0.29) is 5.91 Å². The van der Waals surface area contributed by atoms with Gasteiger partial charge in [0, 0.05) is 37.7 Å². The number of rotatable bonds is 9. The number of para-hydroxylation sites is 1. The van der Waals surface area contributed by atoms with E-state index in [2.05, 4.69) is 47.7 Å². The largest absolute Gasteiger partial charge is 0.385 e. The summed E-state index contributed by atoms with van der Waals surface area (Å²) in [4.78, 5) is 16.6. The molecular weight excluding hydrogens is 314 g/mol. The fourth-order valence-electron chi connectivity index (χ4n) is 2.69. The number of pyridine rings is 1. The zero-order chi connectivity index (χ0) is 18.1. The molecule has 0 aliphatic heterocycles. The van der Waals surface area contributed by atoms with E-state index in [9.17, 15) is 4.79 Å². The Morgan fingerprint density at radius 1 is 1.16 bits per heavy atom. The highest BCUT2D eigenvalue weighted by molar-refractivity contribution is 5.94. The maximum Gasteiger partial charge on any atom is 0.251 e. The molecule has 25 heavy (non-hydrogen) atoms. The monoisotopic (exact) mass is 341 g/mol. The van der Waals surface area contributed by atoms with Crippen LogP contribution in [0, 0.1) is 0 Å². The first-order valence-corrected chi connectivity index (χ1v) is 8.80. The van der Waals surface area contributed by atoms with Crippen LogP contribution in [-0.4, -0.2) is 31.2 Å². The van der Waals surface area contributed by atoms with Gasteiger partial charge < -0.3 is 15.4 Å². The maximum atomic E-state index is 12.3. The Balaban J connectivity index is 2.13. The molecule has 0 spiro atoms. The predicted molar refractivity (Wildman–Crippen MR) is 102 cm³/mol. The van der Waals surface area contributed by atoms with Crippen LogP contribution in [-0.2, 0) is 17.6 Å². The zero-order valence-corrected chi connectivity index (χ0v) is 15.3. The molecule has 1 heterocycles. The van der Waals surface area contributed by atoms with Gasteiger partial charge in [0.15, 0.2) is 0 Å². The zero-order valence-electron chi connectivity index (χ0n) is 15.3. The highest BCUT2D eigenvalue weighted by Crippen LogP contribution is 2.26. The topological polar surface area (TPSA) is 63.2 Å². The lowest BCUT2D eigenvalue weighted by Crippen LogP contribution is -2.25. The smallest absolute Gasteiger partial charge is 0.251 e. The van der Waals surface area contributed by atoms with Crippen molar-refractivity contribution in [1.82, 2.24) is 10.3 Å². The molecule has 0 saturated heterocycles. The van der Waals surface area contributed by atoms with Crippen molar-refractivity contribution >= 4 is 17.4 Å². The molecule has 0 radical (unpaired) electrons. The van der Waals surface area contributed by atoms with Gasteiger partial charge in [-0.15, -0.1) is 0 Å². The van der Waals surface area contributed by atoms with Gasteiger partial charge in [0.1, 0.15) is 5.82 Å². The second-order valence-electron chi connectivity index (χ2n) is 5.82. The Hall–Kier alpha value is -2.40. The molecule has 0 saturated carbocycles. The number of nitrogens with one attached hydrogen (secondary N) is 2. The lowest BCUT2D eigenvalue weighted by Gasteiger charge is -2.15. The number of methoxy groups -OCH3 is 1. The number of aromatic nitrogens is 1. The molecule has 0 unspecified atom stereocenters. The summed E-state index contributed by atoms with van der Waals surface area (Å²) in [5.74, 6) is 0.584. The first-order valence-electron chi connectivity index (χ1n) is 8.80. The van der Waals surface area contributed by atoms with Gasteiger partial charge in [0.25, 0.3) is 5.91 Å². The van der Waals surface area contributed by atoms with Crippen LogP contribution in [0.25, 0.3) is 0 Å². The van der Waals surface area contributed by atoms with E-state index < -0.39 is 0 Å². The fourth-order valence-corrected chi connectivity index (χ4v) is 2.69. The van der Waals surface area contributed by atoms with Gasteiger partial charge in [0.05, 0.1) is 0 Å². The average Bonchev–Trinajstić information content (AvgIpc) is 2.65. The van der Waals surface area contributed by atoms with Gasteiger partial charge in [0.2, 0.25) is 0 Å². The molecule has 2 rings (SSSR count). The highest BCUT2D eigenvalue weighted by Gasteiger charge is 2.10. The van der Waals surface area contributed by atoms with Crippen LogP contribution in [0.2, 0.25) is 0 Å². The van der Waals surface area contributed by atoms with Crippen LogP contribution in [0.5, 0.6) is 0 Å². The van der Waals surface area contributed by atoms with Crippen molar-refractivity contribution in [3.63, 3.8) is 0 Å². The summed E-state index contributed by atoms with van der Waals surface area (Å²) in [5.41, 5.74) is 4.19. The Morgan fingerprint density at radius 3 is 2.52 bits per heavy atom. The molecule has 2 aromatic rings. The van der Waals surface area contributed by atoms with Crippen LogP contribution < -0.4 is 10.6 Å². The molecule has 1 aromatic heterocycles. The molecule has 0 atom stereocenters. The number of nitrogens with zero attached hydrogens (tertiary/aromatic N) is 1. The number of ether oxygens (including phenoxy) is 1. The van der Waals surface area contributed by atoms with E-state index in [4.69, 9.17) is 4.74 Å². The molecule has 5 nitrogen and oxygen atoms in total. The van der Waals surface area contributed by atoms with Crippen molar-refractivity contribution in [1.29, 1.82) is 0 Å². The summed E-state index contributed by atoms with van der Waals surface area (Å²) in [5, 5.41) is 6.30. The summed E-state index contributed by atoms with van der Waals surface area (Å²) in [6.45, 7) is 5.50. The summed E-state index contributed by atoms with van der Waals surface area (Å²) < 4.78 is 4.99. The van der Waals surface area contributed by atoms with E-state index in [0.717, 1.165) is 24.9 Å². The summed E-state index contributed by atoms with van der Waals surface area (Å²) >= 11 is 0. The summed E-state index contributed by atoms with van der Waals surface area (Å²) in [6, 6.07) is 9.84. The number of benzene rings is 1.